The largest absolute Gasteiger partial charge is 0.496 e. The number of methoxy groups -OCH3 is 2. The lowest BCUT2D eigenvalue weighted by molar-refractivity contribution is -0.136. The maximum absolute atomic E-state index is 14.6. The van der Waals surface area contributed by atoms with Crippen molar-refractivity contribution < 1.29 is 23.5 Å². The Morgan fingerprint density at radius 1 is 1.09 bits per heavy atom. The minimum atomic E-state index is -0.733. The van der Waals surface area contributed by atoms with Crippen LogP contribution in [0.1, 0.15) is 42.7 Å². The van der Waals surface area contributed by atoms with E-state index in [1.165, 1.54) is 19.2 Å². The summed E-state index contributed by atoms with van der Waals surface area (Å²) in [4.78, 5) is 29.6. The number of carbonyl (C=O) groups excluding carboxylic acids is 2. The Hall–Kier alpha value is -3.87. The van der Waals surface area contributed by atoms with Gasteiger partial charge in [0.15, 0.2) is 5.78 Å². The minimum absolute atomic E-state index is 0.0807. The summed E-state index contributed by atoms with van der Waals surface area (Å²) in [5.74, 6) is -1.15. The zero-order valence-electron chi connectivity index (χ0n) is 19.2. The molecule has 0 radical (unpaired) electrons. The molecule has 1 aromatic heterocycles. The van der Waals surface area contributed by atoms with Crippen LogP contribution in [0.3, 0.4) is 0 Å². The number of halogens is 1. The SMILES string of the molecule is COC(=O)C1=C(C)NC2=C(C(=O)CC(c3ccccc3OC)C2)[C@@H]1c1cc(F)cc2[nH]ccc12. The first-order valence-electron chi connectivity index (χ1n) is 11.1. The number of allylic oxidation sites excluding steroid dienone is 3. The Balaban J connectivity index is 1.69. The highest BCUT2D eigenvalue weighted by molar-refractivity contribution is 6.05. The molecule has 2 N–H and O–H groups in total. The number of para-hydroxylation sites is 1. The van der Waals surface area contributed by atoms with Gasteiger partial charge in [-0.2, -0.15) is 0 Å². The summed E-state index contributed by atoms with van der Waals surface area (Å²) in [6.45, 7) is 1.79. The Labute approximate surface area is 196 Å². The molecule has 2 aromatic carbocycles. The van der Waals surface area contributed by atoms with E-state index in [4.69, 9.17) is 9.47 Å². The number of benzene rings is 2. The highest BCUT2D eigenvalue weighted by Gasteiger charge is 2.42. The molecule has 174 valence electrons. The van der Waals surface area contributed by atoms with E-state index in [9.17, 15) is 14.0 Å². The molecule has 1 aliphatic carbocycles. The number of ketones is 1. The minimum Gasteiger partial charge on any atom is -0.496 e. The number of Topliss-reactive ketones (excluding diaryl/α,β-unsaturated/α-hetero) is 1. The number of aromatic nitrogens is 1. The quantitative estimate of drug-likeness (QED) is 0.544. The molecule has 34 heavy (non-hydrogen) atoms. The first-order chi connectivity index (χ1) is 16.4. The molecule has 0 saturated carbocycles. The highest BCUT2D eigenvalue weighted by atomic mass is 19.1. The van der Waals surface area contributed by atoms with Crippen LogP contribution in [0.4, 0.5) is 4.39 Å². The molecule has 6 nitrogen and oxygen atoms in total. The number of esters is 1. The van der Waals surface area contributed by atoms with E-state index in [2.05, 4.69) is 10.3 Å². The number of ether oxygens (including phenoxy) is 2. The second-order valence-corrected chi connectivity index (χ2v) is 8.68. The van der Waals surface area contributed by atoms with E-state index in [0.29, 0.717) is 34.3 Å². The summed E-state index contributed by atoms with van der Waals surface area (Å²) >= 11 is 0. The van der Waals surface area contributed by atoms with E-state index in [0.717, 1.165) is 22.4 Å². The molecule has 0 bridgehead atoms. The Kier molecular flexibility index (Phi) is 5.48. The molecule has 7 heteroatoms. The van der Waals surface area contributed by atoms with E-state index in [1.807, 2.05) is 30.3 Å². The lowest BCUT2D eigenvalue weighted by atomic mass is 9.71. The number of dihydropyridines is 1. The average Bonchev–Trinajstić information content (AvgIpc) is 3.30. The summed E-state index contributed by atoms with van der Waals surface area (Å²) in [5.41, 5.74) is 4.28. The van der Waals surface area contributed by atoms with Crippen molar-refractivity contribution >= 4 is 22.7 Å². The van der Waals surface area contributed by atoms with Crippen LogP contribution >= 0.6 is 0 Å². The monoisotopic (exact) mass is 460 g/mol. The average molecular weight is 461 g/mol. The molecule has 0 saturated heterocycles. The van der Waals surface area contributed by atoms with E-state index in [1.54, 1.807) is 20.2 Å². The van der Waals surface area contributed by atoms with Crippen LogP contribution in [0.15, 0.2) is 71.2 Å². The van der Waals surface area contributed by atoms with Gasteiger partial charge in [-0.15, -0.1) is 0 Å². The highest BCUT2D eigenvalue weighted by Crippen LogP contribution is 2.48. The van der Waals surface area contributed by atoms with Crippen molar-refractivity contribution in [3.05, 3.63) is 88.1 Å². The lowest BCUT2D eigenvalue weighted by Gasteiger charge is -2.37. The molecule has 1 unspecified atom stereocenters. The predicted octanol–water partition coefficient (Wildman–Crippen LogP) is 4.85. The van der Waals surface area contributed by atoms with Crippen LogP contribution in [-0.4, -0.2) is 31.0 Å². The smallest absolute Gasteiger partial charge is 0.336 e. The summed E-state index contributed by atoms with van der Waals surface area (Å²) in [5, 5.41) is 4.06. The number of hydrogen-bond acceptors (Lipinski definition) is 5. The third-order valence-corrected chi connectivity index (χ3v) is 6.79. The zero-order valence-corrected chi connectivity index (χ0v) is 19.2. The maximum Gasteiger partial charge on any atom is 0.336 e. The van der Waals surface area contributed by atoms with Gasteiger partial charge in [0.05, 0.1) is 19.8 Å². The van der Waals surface area contributed by atoms with Crippen LogP contribution in [0.25, 0.3) is 10.9 Å². The fraction of sp³-hybridized carbons (Fsp3) is 0.259. The van der Waals surface area contributed by atoms with E-state index in [-0.39, 0.29) is 18.1 Å². The van der Waals surface area contributed by atoms with E-state index < -0.39 is 17.7 Å². The van der Waals surface area contributed by atoms with Gasteiger partial charge in [-0.25, -0.2) is 9.18 Å². The summed E-state index contributed by atoms with van der Waals surface area (Å²) < 4.78 is 25.3. The van der Waals surface area contributed by atoms with Crippen molar-refractivity contribution in [2.45, 2.75) is 31.6 Å². The van der Waals surface area contributed by atoms with Crippen molar-refractivity contribution in [3.8, 4) is 5.75 Å². The molecule has 2 heterocycles. The Bertz CT molecular complexity index is 1380. The number of rotatable bonds is 4. The molecule has 3 aromatic rings. The standard InChI is InChI=1S/C27H25FN2O4/c1-14-24(27(32)34-3)25(19-12-16(28)13-20-18(19)8-9-29-20)26-21(30-14)10-15(11-22(26)31)17-6-4-5-7-23(17)33-2/h4-9,12-13,15,25,29-30H,10-11H2,1-3H3/t15?,25-/m1/s1. The third kappa shape index (κ3) is 3.48. The van der Waals surface area contributed by atoms with Gasteiger partial charge in [0.2, 0.25) is 0 Å². The summed E-state index contributed by atoms with van der Waals surface area (Å²) in [6.07, 6.45) is 2.55. The number of hydrogen-bond donors (Lipinski definition) is 2. The Morgan fingerprint density at radius 2 is 1.88 bits per heavy atom. The first kappa shape index (κ1) is 21.9. The normalized spacial score (nSPS) is 20.3. The van der Waals surface area contributed by atoms with Crippen molar-refractivity contribution in [2.24, 2.45) is 0 Å². The van der Waals surface area contributed by atoms with E-state index >= 15 is 0 Å². The summed E-state index contributed by atoms with van der Waals surface area (Å²) in [7, 11) is 2.92. The van der Waals surface area contributed by atoms with Gasteiger partial charge in [0, 0.05) is 52.3 Å². The van der Waals surface area contributed by atoms with Gasteiger partial charge in [-0.3, -0.25) is 4.79 Å². The second kappa shape index (κ2) is 8.48. The van der Waals surface area contributed by atoms with Gasteiger partial charge in [0.1, 0.15) is 11.6 Å². The lowest BCUT2D eigenvalue weighted by Crippen LogP contribution is -2.36. The topological polar surface area (TPSA) is 80.4 Å². The van der Waals surface area contributed by atoms with Gasteiger partial charge in [-0.05, 0) is 48.7 Å². The molecule has 1 aliphatic heterocycles. The van der Waals surface area contributed by atoms with Crippen molar-refractivity contribution in [3.63, 3.8) is 0 Å². The molecular weight excluding hydrogens is 435 g/mol. The number of fused-ring (bicyclic) bond motifs is 1. The van der Waals surface area contributed by atoms with Crippen molar-refractivity contribution in [1.82, 2.24) is 10.3 Å². The fourth-order valence-electron chi connectivity index (χ4n) is 5.35. The van der Waals surface area contributed by atoms with Gasteiger partial charge >= 0.3 is 5.97 Å². The fourth-order valence-corrected chi connectivity index (χ4v) is 5.35. The molecule has 0 fully saturated rings. The van der Waals surface area contributed by atoms with Gasteiger partial charge < -0.3 is 19.8 Å². The molecule has 2 aliphatic rings. The molecular formula is C27H25FN2O4. The first-order valence-corrected chi connectivity index (χ1v) is 11.1. The van der Waals surface area contributed by atoms with Gasteiger partial charge in [0.25, 0.3) is 0 Å². The number of carbonyl (C=O) groups is 2. The van der Waals surface area contributed by atoms with Crippen molar-refractivity contribution in [1.29, 1.82) is 0 Å². The molecule has 0 spiro atoms. The molecule has 2 atom stereocenters. The molecule has 5 rings (SSSR count). The second-order valence-electron chi connectivity index (χ2n) is 8.68. The number of aromatic amines is 1. The maximum atomic E-state index is 14.6. The van der Waals surface area contributed by atoms with Crippen LogP contribution in [0, 0.1) is 5.82 Å². The Morgan fingerprint density at radius 3 is 2.65 bits per heavy atom. The number of nitrogens with one attached hydrogen (secondary N) is 2. The van der Waals surface area contributed by atoms with Crippen molar-refractivity contribution in [2.75, 3.05) is 14.2 Å². The third-order valence-electron chi connectivity index (χ3n) is 6.79. The van der Waals surface area contributed by atoms with Crippen LogP contribution < -0.4 is 10.1 Å². The van der Waals surface area contributed by atoms with Gasteiger partial charge in [-0.1, -0.05) is 18.2 Å². The van der Waals surface area contributed by atoms with Crippen LogP contribution in [-0.2, 0) is 14.3 Å². The predicted molar refractivity (Wildman–Crippen MR) is 126 cm³/mol. The summed E-state index contributed by atoms with van der Waals surface area (Å²) in [6, 6.07) is 12.3. The van der Waals surface area contributed by atoms with Crippen LogP contribution in [0.5, 0.6) is 5.75 Å². The molecule has 0 amide bonds. The van der Waals surface area contributed by atoms with Crippen LogP contribution in [0.2, 0.25) is 0 Å². The zero-order chi connectivity index (χ0) is 24.0. The number of H-pyrrole nitrogens is 1.